The predicted molar refractivity (Wildman–Crippen MR) is 43.1 cm³/mol. The van der Waals surface area contributed by atoms with Gasteiger partial charge in [-0.2, -0.15) is 0 Å². The molecule has 0 nitrogen and oxygen atoms in total. The second-order valence-electron chi connectivity index (χ2n) is 2.69. The van der Waals surface area contributed by atoms with Gasteiger partial charge in [0.2, 0.25) is 0 Å². The fourth-order valence-corrected chi connectivity index (χ4v) is 0. The Kier molecular flexibility index (Phi) is 2.82. The van der Waals surface area contributed by atoms with Crippen molar-refractivity contribution in [1.29, 1.82) is 0 Å². The standard InChI is InChI=1S/C4H12P2Si/c1-6(5)7(2,3)4/h1-4H3. The fourth-order valence-electron chi connectivity index (χ4n) is 0. The second kappa shape index (κ2) is 2.48. The summed E-state index contributed by atoms with van der Waals surface area (Å²) < 4.78 is 0. The van der Waals surface area contributed by atoms with Crippen LogP contribution in [0, 0.1) is 0 Å². The Morgan fingerprint density at radius 3 is 1.43 bits per heavy atom. The van der Waals surface area contributed by atoms with Gasteiger partial charge < -0.3 is 0 Å². The Bertz CT molecular complexity index is 114. The molecular weight excluding hydrogens is 138 g/mol. The van der Waals surface area contributed by atoms with Crippen molar-refractivity contribution >= 4 is 22.7 Å². The SMILES string of the molecule is CP(#P)[Si](C)(C)C. The van der Waals surface area contributed by atoms with E-state index in [1.807, 2.05) is 0 Å². The third-order valence-electron chi connectivity index (χ3n) is 0.971. The van der Waals surface area contributed by atoms with Crippen LogP contribution in [-0.2, 0) is 0 Å². The first-order valence-corrected chi connectivity index (χ1v) is 9.65. The monoisotopic (exact) mass is 150 g/mol. The third-order valence-corrected chi connectivity index (χ3v) is 14.1. The molecule has 0 saturated carbocycles. The predicted octanol–water partition coefficient (Wildman–Crippen LogP) is 3.26. The van der Waals surface area contributed by atoms with Gasteiger partial charge in [-0.1, -0.05) is 0 Å². The van der Waals surface area contributed by atoms with Gasteiger partial charge in [0.15, 0.2) is 0 Å². The first-order chi connectivity index (χ1) is 2.94. The third kappa shape index (κ3) is 3.52. The molecule has 0 radical (unpaired) electrons. The van der Waals surface area contributed by atoms with Crippen LogP contribution in [0.3, 0.4) is 0 Å². The summed E-state index contributed by atoms with van der Waals surface area (Å²) in [5, 5.41) is 0. The first-order valence-electron chi connectivity index (χ1n) is 2.37. The number of hydrogen-bond donors (Lipinski definition) is 0. The zero-order chi connectivity index (χ0) is 6.08. The summed E-state index contributed by atoms with van der Waals surface area (Å²) >= 11 is 0. The van der Waals surface area contributed by atoms with Gasteiger partial charge in [-0.3, -0.25) is 0 Å². The van der Waals surface area contributed by atoms with Crippen molar-refractivity contribution in [3.63, 3.8) is 0 Å². The van der Waals surface area contributed by atoms with Crippen LogP contribution in [-0.4, -0.2) is 14.4 Å². The summed E-state index contributed by atoms with van der Waals surface area (Å²) in [6.45, 7) is 9.39. The molecule has 0 fully saturated rings. The van der Waals surface area contributed by atoms with Gasteiger partial charge in [0.25, 0.3) is 0 Å². The Morgan fingerprint density at radius 2 is 1.43 bits per heavy atom. The summed E-state index contributed by atoms with van der Waals surface area (Å²) in [5.74, 6) is 0. The Labute approximate surface area is 49.6 Å². The van der Waals surface area contributed by atoms with E-state index in [0.717, 1.165) is 0 Å². The molecular formula is C4H12P2Si. The minimum absolute atomic E-state index is 0.0918. The molecule has 0 aromatic carbocycles. The van der Waals surface area contributed by atoms with Gasteiger partial charge in [-0.05, 0) is 0 Å². The van der Waals surface area contributed by atoms with Gasteiger partial charge in [-0.15, -0.1) is 0 Å². The normalized spacial score (nSPS) is 13.9. The topological polar surface area (TPSA) is 0 Å². The molecule has 0 aliphatic rings. The van der Waals surface area contributed by atoms with Crippen LogP contribution in [0.1, 0.15) is 0 Å². The first kappa shape index (κ1) is 7.95. The van der Waals surface area contributed by atoms with Crippen molar-refractivity contribution in [3.05, 3.63) is 0 Å². The molecule has 0 saturated heterocycles. The molecule has 0 amide bonds. The molecule has 3 heteroatoms. The van der Waals surface area contributed by atoms with Crippen LogP contribution in [0.4, 0.5) is 0 Å². The Morgan fingerprint density at radius 1 is 1.29 bits per heavy atom. The zero-order valence-electron chi connectivity index (χ0n) is 5.39. The molecule has 42 valence electrons. The van der Waals surface area contributed by atoms with Crippen LogP contribution in [0.25, 0.3) is 0 Å². The molecule has 0 N–H and O–H groups in total. The van der Waals surface area contributed by atoms with Crippen molar-refractivity contribution in [3.8, 4) is 0 Å². The van der Waals surface area contributed by atoms with E-state index < -0.39 is 7.74 Å². The van der Waals surface area contributed by atoms with E-state index in [-0.39, 0.29) is 6.57 Å². The molecule has 0 rings (SSSR count). The van der Waals surface area contributed by atoms with E-state index in [1.54, 1.807) is 0 Å². The number of hydrogen-bond acceptors (Lipinski definition) is 0. The van der Waals surface area contributed by atoms with Gasteiger partial charge in [0, 0.05) is 0 Å². The molecule has 0 aliphatic carbocycles. The molecule has 1 atom stereocenters. The van der Waals surface area contributed by atoms with E-state index in [9.17, 15) is 0 Å². The summed E-state index contributed by atoms with van der Waals surface area (Å²) in [6, 6.07) is 0. The van der Waals surface area contributed by atoms with E-state index in [2.05, 4.69) is 34.6 Å². The molecule has 0 aromatic rings. The molecule has 0 aromatic heterocycles. The molecule has 7 heavy (non-hydrogen) atoms. The van der Waals surface area contributed by atoms with Crippen LogP contribution < -0.4 is 0 Å². The molecule has 0 spiro atoms. The van der Waals surface area contributed by atoms with Crippen molar-refractivity contribution in [2.75, 3.05) is 6.66 Å². The van der Waals surface area contributed by atoms with E-state index in [1.165, 1.54) is 0 Å². The quantitative estimate of drug-likeness (QED) is 0.367. The Balaban J connectivity index is 3.89. The van der Waals surface area contributed by atoms with Crippen molar-refractivity contribution < 1.29 is 0 Å². The summed E-state index contributed by atoms with van der Waals surface area (Å²) in [5.41, 5.74) is 0. The van der Waals surface area contributed by atoms with Crippen molar-refractivity contribution in [2.45, 2.75) is 19.6 Å². The van der Waals surface area contributed by atoms with E-state index >= 15 is 0 Å². The van der Waals surface area contributed by atoms with Crippen molar-refractivity contribution in [1.82, 2.24) is 0 Å². The fraction of sp³-hybridized carbons (Fsp3) is 1.00. The van der Waals surface area contributed by atoms with Crippen LogP contribution >= 0.6 is 14.9 Å². The summed E-state index contributed by atoms with van der Waals surface area (Å²) in [6.07, 6.45) is 0. The number of rotatable bonds is 0. The minimum atomic E-state index is -0.806. The maximum atomic E-state index is 4.41. The summed E-state index contributed by atoms with van der Waals surface area (Å²) in [4.78, 5) is 0. The van der Waals surface area contributed by atoms with Crippen LogP contribution in [0.2, 0.25) is 19.6 Å². The van der Waals surface area contributed by atoms with Gasteiger partial charge in [-0.25, -0.2) is 0 Å². The van der Waals surface area contributed by atoms with Crippen LogP contribution in [0.15, 0.2) is 0 Å². The average molecular weight is 150 g/mol. The van der Waals surface area contributed by atoms with Crippen LogP contribution in [0.5, 0.6) is 0 Å². The molecule has 0 aliphatic heterocycles. The van der Waals surface area contributed by atoms with Gasteiger partial charge in [0.1, 0.15) is 0 Å². The molecule has 0 heterocycles. The zero-order valence-corrected chi connectivity index (χ0v) is 8.18. The summed E-state index contributed by atoms with van der Waals surface area (Å²) in [7, 11) is 3.60. The second-order valence-corrected chi connectivity index (χ2v) is 17.0. The van der Waals surface area contributed by atoms with Gasteiger partial charge in [0.05, 0.1) is 0 Å². The van der Waals surface area contributed by atoms with E-state index in [0.29, 0.717) is 0 Å². The Hall–Kier alpha value is 0.947. The maximum absolute atomic E-state index is 4.41. The van der Waals surface area contributed by atoms with E-state index in [4.69, 9.17) is 0 Å². The molecule has 1 unspecified atom stereocenters. The molecule has 0 bridgehead atoms. The average Bonchev–Trinajstić information content (AvgIpc) is 1.31. The van der Waals surface area contributed by atoms with Crippen molar-refractivity contribution in [2.24, 2.45) is 0 Å². The van der Waals surface area contributed by atoms with Gasteiger partial charge >= 0.3 is 49.0 Å².